The zero-order valence-electron chi connectivity index (χ0n) is 12.9. The number of methoxy groups -OCH3 is 1. The first-order valence-electron chi connectivity index (χ1n) is 8.26. The second kappa shape index (κ2) is 7.24. The van der Waals surface area contributed by atoms with E-state index < -0.39 is 5.92 Å². The number of ether oxygens (including phenoxy) is 1. The highest BCUT2D eigenvalue weighted by Gasteiger charge is 2.37. The molecular weight excluding hydrogens is 252 g/mol. The van der Waals surface area contributed by atoms with Gasteiger partial charge in [-0.3, -0.25) is 9.59 Å². The lowest BCUT2D eigenvalue weighted by molar-refractivity contribution is -0.151. The summed E-state index contributed by atoms with van der Waals surface area (Å²) >= 11 is 0. The van der Waals surface area contributed by atoms with Gasteiger partial charge in [0.2, 0.25) is 0 Å². The van der Waals surface area contributed by atoms with Crippen LogP contribution in [0.5, 0.6) is 0 Å². The first kappa shape index (κ1) is 15.5. The molecule has 0 N–H and O–H groups in total. The molecule has 2 rings (SSSR count). The van der Waals surface area contributed by atoms with E-state index in [0.717, 1.165) is 12.3 Å². The molecule has 3 nitrogen and oxygen atoms in total. The molecule has 114 valence electrons. The van der Waals surface area contributed by atoms with E-state index in [9.17, 15) is 9.59 Å². The Balaban J connectivity index is 1.82. The minimum atomic E-state index is -0.479. The molecule has 2 aliphatic carbocycles. The smallest absolute Gasteiger partial charge is 0.316 e. The molecule has 0 aliphatic heterocycles. The summed E-state index contributed by atoms with van der Waals surface area (Å²) in [5, 5.41) is 0. The van der Waals surface area contributed by atoms with Crippen molar-refractivity contribution in [2.45, 2.75) is 64.7 Å². The quantitative estimate of drug-likeness (QED) is 0.582. The van der Waals surface area contributed by atoms with Crippen molar-refractivity contribution in [2.24, 2.45) is 23.7 Å². The van der Waals surface area contributed by atoms with Crippen LogP contribution in [0.4, 0.5) is 0 Å². The number of carbonyl (C=O) groups is 2. The molecule has 2 atom stereocenters. The number of hydrogen-bond donors (Lipinski definition) is 0. The maximum Gasteiger partial charge on any atom is 0.316 e. The Morgan fingerprint density at radius 3 is 2.30 bits per heavy atom. The highest BCUT2D eigenvalue weighted by molar-refractivity contribution is 5.99. The zero-order valence-corrected chi connectivity index (χ0v) is 12.9. The average Bonchev–Trinajstić information content (AvgIpc) is 2.47. The van der Waals surface area contributed by atoms with Crippen LogP contribution in [0, 0.1) is 23.7 Å². The summed E-state index contributed by atoms with van der Waals surface area (Å²) in [6.45, 7) is 2.26. The maximum absolute atomic E-state index is 12.1. The van der Waals surface area contributed by atoms with Gasteiger partial charge in [0.15, 0.2) is 0 Å². The number of carbonyl (C=O) groups excluding carboxylic acids is 2. The maximum atomic E-state index is 12.1. The van der Waals surface area contributed by atoms with Crippen molar-refractivity contribution in [1.29, 1.82) is 0 Å². The van der Waals surface area contributed by atoms with Gasteiger partial charge in [-0.2, -0.15) is 0 Å². The molecule has 0 amide bonds. The third-order valence-corrected chi connectivity index (χ3v) is 5.42. The lowest BCUT2D eigenvalue weighted by atomic mass is 9.68. The lowest BCUT2D eigenvalue weighted by Gasteiger charge is -2.36. The van der Waals surface area contributed by atoms with E-state index >= 15 is 0 Å². The molecule has 0 radical (unpaired) electrons. The molecule has 0 saturated heterocycles. The molecule has 3 heteroatoms. The standard InChI is InChI=1S/C17H28O3/c1-3-4-12-5-7-13(8-6-12)14-9-10-15(16(18)11-14)17(19)20-2/h12-15H,3-11H2,1-2H3/t12-,13-,14?,15?. The SMILES string of the molecule is CCC[C@H]1CC[C@H](C2CCC(C(=O)OC)C(=O)C2)CC1. The van der Waals surface area contributed by atoms with E-state index in [-0.39, 0.29) is 11.8 Å². The Bertz CT molecular complexity index is 342. The van der Waals surface area contributed by atoms with Crippen LogP contribution in [0.1, 0.15) is 64.7 Å². The van der Waals surface area contributed by atoms with Gasteiger partial charge in [0.1, 0.15) is 11.7 Å². The first-order chi connectivity index (χ1) is 9.65. The summed E-state index contributed by atoms with van der Waals surface area (Å²) in [6.07, 6.45) is 10.2. The Kier molecular flexibility index (Phi) is 5.62. The molecule has 0 aromatic heterocycles. The second-order valence-electron chi connectivity index (χ2n) is 6.65. The van der Waals surface area contributed by atoms with E-state index in [1.807, 2.05) is 0 Å². The van der Waals surface area contributed by atoms with Gasteiger partial charge in [0.25, 0.3) is 0 Å². The van der Waals surface area contributed by atoms with E-state index in [4.69, 9.17) is 4.74 Å². The van der Waals surface area contributed by atoms with Crippen molar-refractivity contribution in [3.8, 4) is 0 Å². The van der Waals surface area contributed by atoms with Gasteiger partial charge in [-0.25, -0.2) is 0 Å². The summed E-state index contributed by atoms with van der Waals surface area (Å²) in [4.78, 5) is 23.6. The number of rotatable bonds is 4. The predicted octanol–water partition coefficient (Wildman–Crippen LogP) is 3.75. The summed E-state index contributed by atoms with van der Waals surface area (Å²) in [5.41, 5.74) is 0. The van der Waals surface area contributed by atoms with Crippen LogP contribution >= 0.6 is 0 Å². The number of ketones is 1. The second-order valence-corrected chi connectivity index (χ2v) is 6.65. The van der Waals surface area contributed by atoms with Crippen LogP contribution in [-0.4, -0.2) is 18.9 Å². The molecule has 2 aliphatic rings. The van der Waals surface area contributed by atoms with Gasteiger partial charge < -0.3 is 4.74 Å². The van der Waals surface area contributed by atoms with Crippen molar-refractivity contribution in [3.05, 3.63) is 0 Å². The van der Waals surface area contributed by atoms with Crippen LogP contribution in [0.3, 0.4) is 0 Å². The van der Waals surface area contributed by atoms with E-state index in [0.29, 0.717) is 24.7 Å². The van der Waals surface area contributed by atoms with E-state index in [2.05, 4.69) is 6.92 Å². The summed E-state index contributed by atoms with van der Waals surface area (Å²) in [7, 11) is 1.37. The molecule has 0 heterocycles. The van der Waals surface area contributed by atoms with E-state index in [1.165, 1.54) is 45.6 Å². The van der Waals surface area contributed by atoms with E-state index in [1.54, 1.807) is 0 Å². The summed E-state index contributed by atoms with van der Waals surface area (Å²) in [6, 6.07) is 0. The third kappa shape index (κ3) is 3.62. The molecule has 0 aromatic carbocycles. The molecule has 2 saturated carbocycles. The highest BCUT2D eigenvalue weighted by Crippen LogP contribution is 2.41. The molecule has 0 aromatic rings. The van der Waals surface area contributed by atoms with Crippen LogP contribution in [0.25, 0.3) is 0 Å². The number of esters is 1. The monoisotopic (exact) mass is 280 g/mol. The van der Waals surface area contributed by atoms with Crippen molar-refractivity contribution in [2.75, 3.05) is 7.11 Å². The fourth-order valence-electron chi connectivity index (χ4n) is 4.19. The van der Waals surface area contributed by atoms with Crippen molar-refractivity contribution in [3.63, 3.8) is 0 Å². The Morgan fingerprint density at radius 2 is 1.75 bits per heavy atom. The molecule has 0 bridgehead atoms. The minimum absolute atomic E-state index is 0.115. The fourth-order valence-corrected chi connectivity index (χ4v) is 4.19. The van der Waals surface area contributed by atoms with Gasteiger partial charge in [-0.1, -0.05) is 32.6 Å². The van der Waals surface area contributed by atoms with Crippen LogP contribution < -0.4 is 0 Å². The number of Topliss-reactive ketones (excluding diaryl/α,β-unsaturated/α-hetero) is 1. The van der Waals surface area contributed by atoms with Gasteiger partial charge >= 0.3 is 5.97 Å². The van der Waals surface area contributed by atoms with Gasteiger partial charge in [-0.05, 0) is 43.4 Å². The third-order valence-electron chi connectivity index (χ3n) is 5.42. The fraction of sp³-hybridized carbons (Fsp3) is 0.882. The van der Waals surface area contributed by atoms with Crippen LogP contribution in [0.2, 0.25) is 0 Å². The van der Waals surface area contributed by atoms with Crippen LogP contribution in [0.15, 0.2) is 0 Å². The molecular formula is C17H28O3. The van der Waals surface area contributed by atoms with Crippen molar-refractivity contribution < 1.29 is 14.3 Å². The van der Waals surface area contributed by atoms with Gasteiger partial charge in [0.05, 0.1) is 7.11 Å². The van der Waals surface area contributed by atoms with Gasteiger partial charge in [-0.15, -0.1) is 0 Å². The van der Waals surface area contributed by atoms with Gasteiger partial charge in [0, 0.05) is 6.42 Å². The summed E-state index contributed by atoms with van der Waals surface area (Å²) < 4.78 is 4.72. The molecule has 0 spiro atoms. The first-order valence-corrected chi connectivity index (χ1v) is 8.26. The Hall–Kier alpha value is -0.860. The highest BCUT2D eigenvalue weighted by atomic mass is 16.5. The van der Waals surface area contributed by atoms with Crippen LogP contribution in [-0.2, 0) is 14.3 Å². The molecule has 20 heavy (non-hydrogen) atoms. The minimum Gasteiger partial charge on any atom is -0.468 e. The van der Waals surface area contributed by atoms with Crippen molar-refractivity contribution in [1.82, 2.24) is 0 Å². The normalized spacial score (nSPS) is 34.8. The average molecular weight is 280 g/mol. The molecule has 2 fully saturated rings. The largest absolute Gasteiger partial charge is 0.468 e. The topological polar surface area (TPSA) is 43.4 Å². The zero-order chi connectivity index (χ0) is 14.5. The molecule has 2 unspecified atom stereocenters. The Morgan fingerprint density at radius 1 is 1.10 bits per heavy atom. The lowest BCUT2D eigenvalue weighted by Crippen LogP contribution is -2.35. The predicted molar refractivity (Wildman–Crippen MR) is 78.2 cm³/mol. The Labute approximate surface area is 122 Å². The van der Waals surface area contributed by atoms with Crippen molar-refractivity contribution >= 4 is 11.8 Å². The number of hydrogen-bond acceptors (Lipinski definition) is 3. The summed E-state index contributed by atoms with van der Waals surface area (Å²) in [5.74, 6) is 1.45.